The van der Waals surface area contributed by atoms with Gasteiger partial charge in [0.15, 0.2) is 0 Å². The summed E-state index contributed by atoms with van der Waals surface area (Å²) in [6.45, 7) is 8.68. The van der Waals surface area contributed by atoms with Crippen LogP contribution in [-0.4, -0.2) is 56.6 Å². The van der Waals surface area contributed by atoms with Crippen molar-refractivity contribution in [1.82, 2.24) is 10.2 Å². The molecule has 37 heavy (non-hydrogen) atoms. The molecule has 0 spiro atoms. The van der Waals surface area contributed by atoms with E-state index in [-0.39, 0.29) is 30.8 Å². The van der Waals surface area contributed by atoms with E-state index in [4.69, 9.17) is 4.74 Å². The Kier molecular flexibility index (Phi) is 11.9. The Morgan fingerprint density at radius 1 is 0.973 bits per heavy atom. The van der Waals surface area contributed by atoms with Crippen LogP contribution in [0.15, 0.2) is 54.6 Å². The predicted octanol–water partition coefficient (Wildman–Crippen LogP) is 4.35. The summed E-state index contributed by atoms with van der Waals surface area (Å²) in [5.41, 5.74) is 1.44. The Morgan fingerprint density at radius 3 is 2.16 bits per heavy atom. The van der Waals surface area contributed by atoms with Crippen LogP contribution in [0.1, 0.15) is 58.9 Å². The zero-order chi connectivity index (χ0) is 27.4. The molecule has 0 saturated heterocycles. The third-order valence-electron chi connectivity index (χ3n) is 6.17. The van der Waals surface area contributed by atoms with Gasteiger partial charge in [0.2, 0.25) is 21.8 Å². The molecule has 0 saturated carbocycles. The minimum atomic E-state index is -3.56. The fourth-order valence-corrected chi connectivity index (χ4v) is 4.99. The molecule has 0 aromatic heterocycles. The number of nitrogens with zero attached hydrogens (tertiary/aromatic N) is 2. The van der Waals surface area contributed by atoms with E-state index < -0.39 is 16.1 Å². The fraction of sp³-hybridized carbons (Fsp3) is 0.500. The Bertz CT molecular complexity index is 1090. The third kappa shape index (κ3) is 9.39. The van der Waals surface area contributed by atoms with Crippen LogP contribution in [0.25, 0.3) is 0 Å². The van der Waals surface area contributed by atoms with Gasteiger partial charge in [0.25, 0.3) is 0 Å². The normalized spacial score (nSPS) is 12.9. The molecule has 2 atom stereocenters. The molecule has 0 bridgehead atoms. The Labute approximate surface area is 222 Å². The highest BCUT2D eigenvalue weighted by molar-refractivity contribution is 7.92. The first-order chi connectivity index (χ1) is 17.6. The van der Waals surface area contributed by atoms with E-state index in [0.29, 0.717) is 37.4 Å². The van der Waals surface area contributed by atoms with Crippen molar-refractivity contribution in [3.05, 3.63) is 60.2 Å². The zero-order valence-corrected chi connectivity index (χ0v) is 23.5. The molecular formula is C28H41N3O5S. The van der Waals surface area contributed by atoms with E-state index in [9.17, 15) is 18.0 Å². The second kappa shape index (κ2) is 14.6. The molecule has 0 aliphatic carbocycles. The van der Waals surface area contributed by atoms with Gasteiger partial charge in [0, 0.05) is 25.6 Å². The average Bonchev–Trinajstić information content (AvgIpc) is 2.87. The molecule has 0 heterocycles. The van der Waals surface area contributed by atoms with Gasteiger partial charge in [0.05, 0.1) is 18.6 Å². The minimum Gasteiger partial charge on any atom is -0.494 e. The SMILES string of the molecule is CCOc1ccc(N(CCCC(=O)N(Cc2ccccc2)[C@H](CC)C(=O)N[C@H](C)CC)S(C)(=O)=O)cc1. The van der Waals surface area contributed by atoms with Crippen LogP contribution < -0.4 is 14.4 Å². The van der Waals surface area contributed by atoms with Gasteiger partial charge in [-0.25, -0.2) is 8.42 Å². The van der Waals surface area contributed by atoms with Crippen molar-refractivity contribution >= 4 is 27.5 Å². The molecule has 2 aromatic carbocycles. The molecule has 2 rings (SSSR count). The van der Waals surface area contributed by atoms with Gasteiger partial charge in [0.1, 0.15) is 11.8 Å². The van der Waals surface area contributed by atoms with Gasteiger partial charge >= 0.3 is 0 Å². The number of nitrogens with one attached hydrogen (secondary N) is 1. The van der Waals surface area contributed by atoms with E-state index in [2.05, 4.69) is 5.32 Å². The molecular weight excluding hydrogens is 490 g/mol. The van der Waals surface area contributed by atoms with Crippen LogP contribution in [0.5, 0.6) is 5.75 Å². The maximum absolute atomic E-state index is 13.5. The topological polar surface area (TPSA) is 96.0 Å². The molecule has 0 unspecified atom stereocenters. The van der Waals surface area contributed by atoms with Crippen molar-refractivity contribution in [3.8, 4) is 5.75 Å². The summed E-state index contributed by atoms with van der Waals surface area (Å²) < 4.78 is 31.8. The van der Waals surface area contributed by atoms with Crippen molar-refractivity contribution in [1.29, 1.82) is 0 Å². The molecule has 1 N–H and O–H groups in total. The van der Waals surface area contributed by atoms with E-state index in [0.717, 1.165) is 18.2 Å². The van der Waals surface area contributed by atoms with Crippen LogP contribution >= 0.6 is 0 Å². The van der Waals surface area contributed by atoms with E-state index in [1.54, 1.807) is 29.2 Å². The van der Waals surface area contributed by atoms with E-state index in [1.165, 1.54) is 4.31 Å². The maximum atomic E-state index is 13.5. The largest absolute Gasteiger partial charge is 0.494 e. The van der Waals surface area contributed by atoms with Crippen molar-refractivity contribution in [3.63, 3.8) is 0 Å². The summed E-state index contributed by atoms with van der Waals surface area (Å²) in [6.07, 6.45) is 2.85. The lowest BCUT2D eigenvalue weighted by Gasteiger charge is -2.32. The van der Waals surface area contributed by atoms with Gasteiger partial charge in [-0.2, -0.15) is 0 Å². The molecule has 0 aliphatic rings. The van der Waals surface area contributed by atoms with Gasteiger partial charge < -0.3 is 15.0 Å². The second-order valence-electron chi connectivity index (χ2n) is 9.11. The van der Waals surface area contributed by atoms with Gasteiger partial charge in [-0.15, -0.1) is 0 Å². The van der Waals surface area contributed by atoms with Crippen molar-refractivity contribution in [2.75, 3.05) is 23.7 Å². The smallest absolute Gasteiger partial charge is 0.243 e. The highest BCUT2D eigenvalue weighted by Gasteiger charge is 2.29. The summed E-state index contributed by atoms with van der Waals surface area (Å²) in [5.74, 6) is 0.302. The molecule has 2 amide bonds. The highest BCUT2D eigenvalue weighted by Crippen LogP contribution is 2.23. The molecule has 0 fully saturated rings. The van der Waals surface area contributed by atoms with Crippen LogP contribution in [-0.2, 0) is 26.2 Å². The lowest BCUT2D eigenvalue weighted by molar-refractivity contribution is -0.141. The summed E-state index contributed by atoms with van der Waals surface area (Å²) >= 11 is 0. The predicted molar refractivity (Wildman–Crippen MR) is 148 cm³/mol. The van der Waals surface area contributed by atoms with E-state index in [1.807, 2.05) is 58.0 Å². The average molecular weight is 532 g/mol. The fourth-order valence-electron chi connectivity index (χ4n) is 4.02. The molecule has 204 valence electrons. The van der Waals surface area contributed by atoms with Crippen molar-refractivity contribution in [2.45, 2.75) is 72.0 Å². The quantitative estimate of drug-likeness (QED) is 0.369. The lowest BCUT2D eigenvalue weighted by Crippen LogP contribution is -2.50. The standard InChI is InChI=1S/C28H41N3O5S/c1-6-22(4)29-28(33)26(7-2)30(21-23-13-10-9-11-14-23)27(32)15-12-20-31(37(5,34)35)24-16-18-25(19-17-24)36-8-3/h9-11,13-14,16-19,22,26H,6-8,12,15,20-21H2,1-5H3,(H,29,33)/t22-,26-/m1/s1. The number of amides is 2. The number of ether oxygens (including phenoxy) is 1. The highest BCUT2D eigenvalue weighted by atomic mass is 32.2. The lowest BCUT2D eigenvalue weighted by atomic mass is 10.1. The molecule has 8 nitrogen and oxygen atoms in total. The minimum absolute atomic E-state index is 0.00709. The molecule has 9 heteroatoms. The van der Waals surface area contributed by atoms with Gasteiger partial charge in [-0.1, -0.05) is 44.2 Å². The number of hydrogen-bond acceptors (Lipinski definition) is 5. The molecule has 0 aliphatic heterocycles. The number of carbonyl (C=O) groups is 2. The summed E-state index contributed by atoms with van der Waals surface area (Å²) in [5, 5.41) is 3.00. The number of hydrogen-bond donors (Lipinski definition) is 1. The third-order valence-corrected chi connectivity index (χ3v) is 7.36. The molecule has 2 aromatic rings. The van der Waals surface area contributed by atoms with E-state index >= 15 is 0 Å². The summed E-state index contributed by atoms with van der Waals surface area (Å²) in [7, 11) is -3.56. The second-order valence-corrected chi connectivity index (χ2v) is 11.0. The van der Waals surface area contributed by atoms with Crippen molar-refractivity contribution < 1.29 is 22.7 Å². The summed E-state index contributed by atoms with van der Waals surface area (Å²) in [4.78, 5) is 28.1. The Balaban J connectivity index is 2.18. The number of sulfonamides is 1. The van der Waals surface area contributed by atoms with Gasteiger partial charge in [-0.05, 0) is 62.9 Å². The van der Waals surface area contributed by atoms with Crippen LogP contribution in [0.2, 0.25) is 0 Å². The van der Waals surface area contributed by atoms with Gasteiger partial charge in [-0.3, -0.25) is 13.9 Å². The number of benzene rings is 2. The number of rotatable bonds is 15. The summed E-state index contributed by atoms with van der Waals surface area (Å²) in [6, 6.07) is 15.8. The van der Waals surface area contributed by atoms with Crippen LogP contribution in [0.4, 0.5) is 5.69 Å². The first-order valence-electron chi connectivity index (χ1n) is 12.9. The zero-order valence-electron chi connectivity index (χ0n) is 22.6. The van der Waals surface area contributed by atoms with Crippen LogP contribution in [0, 0.1) is 0 Å². The Morgan fingerprint density at radius 2 is 1.62 bits per heavy atom. The molecule has 0 radical (unpaired) electrons. The van der Waals surface area contributed by atoms with Crippen LogP contribution in [0.3, 0.4) is 0 Å². The Hall–Kier alpha value is -3.07. The monoisotopic (exact) mass is 531 g/mol. The van der Waals surface area contributed by atoms with Crippen molar-refractivity contribution in [2.24, 2.45) is 0 Å². The first kappa shape index (κ1) is 30.2. The maximum Gasteiger partial charge on any atom is 0.243 e. The number of anilines is 1. The first-order valence-corrected chi connectivity index (χ1v) is 14.8. The number of carbonyl (C=O) groups excluding carboxylic acids is 2.